The number of hydrogen-bond donors (Lipinski definition) is 1. The van der Waals surface area contributed by atoms with E-state index in [0.717, 1.165) is 0 Å². The highest BCUT2D eigenvalue weighted by atomic mass is 16.5. The highest BCUT2D eigenvalue weighted by Crippen LogP contribution is 2.25. The maximum Gasteiger partial charge on any atom is 0.257 e. The summed E-state index contributed by atoms with van der Waals surface area (Å²) in [5, 5.41) is 3.00. The Morgan fingerprint density at radius 2 is 1.96 bits per heavy atom. The van der Waals surface area contributed by atoms with Crippen molar-refractivity contribution in [2.45, 2.75) is 6.10 Å². The Hall–Kier alpha value is -2.81. The molecule has 0 radical (unpaired) electrons. The van der Waals surface area contributed by atoms with E-state index in [-0.39, 0.29) is 12.0 Å². The molecule has 9 heteroatoms. The van der Waals surface area contributed by atoms with E-state index in [0.29, 0.717) is 42.7 Å². The lowest BCUT2D eigenvalue weighted by Crippen LogP contribution is -2.42. The molecule has 3 rings (SSSR count). The number of amides is 1. The first-order chi connectivity index (χ1) is 12.1. The van der Waals surface area contributed by atoms with Crippen molar-refractivity contribution in [3.63, 3.8) is 0 Å². The molecule has 1 amide bonds. The first-order valence-electron chi connectivity index (χ1n) is 7.99. The van der Waals surface area contributed by atoms with Crippen LogP contribution in [-0.2, 0) is 4.74 Å². The van der Waals surface area contributed by atoms with Crippen LogP contribution in [0.5, 0.6) is 0 Å². The second kappa shape index (κ2) is 7.39. The summed E-state index contributed by atoms with van der Waals surface area (Å²) in [6.45, 7) is 1.36. The zero-order valence-corrected chi connectivity index (χ0v) is 14.5. The summed E-state index contributed by atoms with van der Waals surface area (Å²) in [5.74, 6) is 1.10. The molecule has 2 aromatic rings. The quantitative estimate of drug-likeness (QED) is 0.861. The van der Waals surface area contributed by atoms with E-state index in [1.165, 1.54) is 0 Å². The summed E-state index contributed by atoms with van der Waals surface area (Å²) in [5.41, 5.74) is 1.15. The van der Waals surface area contributed by atoms with Crippen LogP contribution in [0.25, 0.3) is 0 Å². The summed E-state index contributed by atoms with van der Waals surface area (Å²) >= 11 is 0. The number of ether oxygens (including phenoxy) is 1. The molecule has 25 heavy (non-hydrogen) atoms. The SMILES string of the molecule is CNc1nccnc1C1CN(C(=O)c2cnc(N(C)C)nc2)CCO1. The highest BCUT2D eigenvalue weighted by molar-refractivity contribution is 5.93. The van der Waals surface area contributed by atoms with Crippen LogP contribution in [0.3, 0.4) is 0 Å². The lowest BCUT2D eigenvalue weighted by molar-refractivity contribution is -0.0245. The van der Waals surface area contributed by atoms with Crippen molar-refractivity contribution in [3.05, 3.63) is 36.0 Å². The van der Waals surface area contributed by atoms with Gasteiger partial charge in [0.2, 0.25) is 5.95 Å². The van der Waals surface area contributed by atoms with Crippen molar-refractivity contribution in [2.24, 2.45) is 0 Å². The molecule has 1 unspecified atom stereocenters. The summed E-state index contributed by atoms with van der Waals surface area (Å²) in [7, 11) is 5.48. The molecule has 132 valence electrons. The third kappa shape index (κ3) is 3.66. The fraction of sp³-hybridized carbons (Fsp3) is 0.438. The van der Waals surface area contributed by atoms with Gasteiger partial charge in [0.25, 0.3) is 5.91 Å². The van der Waals surface area contributed by atoms with E-state index in [1.54, 1.807) is 41.6 Å². The fourth-order valence-electron chi connectivity index (χ4n) is 2.62. The van der Waals surface area contributed by atoms with Gasteiger partial charge in [0.05, 0.1) is 18.7 Å². The van der Waals surface area contributed by atoms with Crippen molar-refractivity contribution in [3.8, 4) is 0 Å². The van der Waals surface area contributed by atoms with Gasteiger partial charge in [0.1, 0.15) is 17.6 Å². The van der Waals surface area contributed by atoms with Gasteiger partial charge in [-0.2, -0.15) is 0 Å². The van der Waals surface area contributed by atoms with E-state index < -0.39 is 0 Å². The van der Waals surface area contributed by atoms with Crippen molar-refractivity contribution in [1.29, 1.82) is 0 Å². The van der Waals surface area contributed by atoms with Gasteiger partial charge in [-0.25, -0.2) is 15.0 Å². The molecular formula is C16H21N7O2. The Kier molecular flexibility index (Phi) is 5.03. The molecular weight excluding hydrogens is 322 g/mol. The van der Waals surface area contributed by atoms with Gasteiger partial charge in [0.15, 0.2) is 0 Å². The highest BCUT2D eigenvalue weighted by Gasteiger charge is 2.29. The molecule has 3 heterocycles. The van der Waals surface area contributed by atoms with Crippen molar-refractivity contribution in [1.82, 2.24) is 24.8 Å². The normalized spacial score (nSPS) is 17.2. The number of nitrogens with one attached hydrogen (secondary N) is 1. The third-order valence-corrected chi connectivity index (χ3v) is 3.91. The average molecular weight is 343 g/mol. The standard InChI is InChI=1S/C16H21N7O2/c1-17-14-13(18-4-5-19-14)12-10-23(6-7-25-12)15(24)11-8-20-16(21-9-11)22(2)3/h4-5,8-9,12H,6-7,10H2,1-3H3,(H,17,19). The van der Waals surface area contributed by atoms with E-state index in [4.69, 9.17) is 4.74 Å². The molecule has 1 saturated heterocycles. The lowest BCUT2D eigenvalue weighted by atomic mass is 10.1. The minimum absolute atomic E-state index is 0.117. The smallest absolute Gasteiger partial charge is 0.257 e. The molecule has 0 aliphatic carbocycles. The zero-order valence-electron chi connectivity index (χ0n) is 14.5. The van der Waals surface area contributed by atoms with Crippen LogP contribution in [0.4, 0.5) is 11.8 Å². The number of aromatic nitrogens is 4. The van der Waals surface area contributed by atoms with Gasteiger partial charge in [-0.3, -0.25) is 9.78 Å². The molecule has 0 saturated carbocycles. The summed E-state index contributed by atoms with van der Waals surface area (Å²) in [4.78, 5) is 33.3. The maximum atomic E-state index is 12.7. The largest absolute Gasteiger partial charge is 0.372 e. The average Bonchev–Trinajstić information content (AvgIpc) is 2.67. The van der Waals surface area contributed by atoms with Crippen molar-refractivity contribution >= 4 is 17.7 Å². The first-order valence-corrected chi connectivity index (χ1v) is 7.99. The monoisotopic (exact) mass is 343 g/mol. The van der Waals surface area contributed by atoms with E-state index in [1.807, 2.05) is 14.1 Å². The van der Waals surface area contributed by atoms with E-state index in [9.17, 15) is 4.79 Å². The zero-order chi connectivity index (χ0) is 17.8. The molecule has 2 aromatic heterocycles. The van der Waals surface area contributed by atoms with Crippen molar-refractivity contribution < 1.29 is 9.53 Å². The Morgan fingerprint density at radius 1 is 1.24 bits per heavy atom. The number of anilines is 2. The van der Waals surface area contributed by atoms with Gasteiger partial charge in [-0.15, -0.1) is 0 Å². The van der Waals surface area contributed by atoms with Crippen LogP contribution in [0.1, 0.15) is 22.2 Å². The van der Waals surface area contributed by atoms with Gasteiger partial charge < -0.3 is 19.9 Å². The van der Waals surface area contributed by atoms with Crippen LogP contribution in [0.15, 0.2) is 24.8 Å². The number of hydrogen-bond acceptors (Lipinski definition) is 8. The molecule has 0 bridgehead atoms. The van der Waals surface area contributed by atoms with Gasteiger partial charge in [-0.05, 0) is 0 Å². The van der Waals surface area contributed by atoms with Gasteiger partial charge >= 0.3 is 0 Å². The predicted octanol–water partition coefficient (Wildman–Crippen LogP) is 0.588. The molecule has 1 aliphatic heterocycles. The van der Waals surface area contributed by atoms with Crippen LogP contribution < -0.4 is 10.2 Å². The molecule has 9 nitrogen and oxygen atoms in total. The summed E-state index contributed by atoms with van der Waals surface area (Å²) in [6, 6.07) is 0. The summed E-state index contributed by atoms with van der Waals surface area (Å²) < 4.78 is 5.80. The first kappa shape index (κ1) is 17.0. The molecule has 1 fully saturated rings. The second-order valence-electron chi connectivity index (χ2n) is 5.82. The van der Waals surface area contributed by atoms with E-state index >= 15 is 0 Å². The van der Waals surface area contributed by atoms with Gasteiger partial charge in [0, 0.05) is 52.5 Å². The molecule has 1 aliphatic rings. The minimum atomic E-state index is -0.323. The number of carbonyl (C=O) groups is 1. The fourth-order valence-corrected chi connectivity index (χ4v) is 2.62. The Balaban J connectivity index is 1.75. The lowest BCUT2D eigenvalue weighted by Gasteiger charge is -2.33. The second-order valence-corrected chi connectivity index (χ2v) is 5.82. The van der Waals surface area contributed by atoms with E-state index in [2.05, 4.69) is 25.3 Å². The summed E-state index contributed by atoms with van der Waals surface area (Å²) in [6.07, 6.45) is 6.02. The van der Waals surface area contributed by atoms with Crippen LogP contribution in [0, 0.1) is 0 Å². The molecule has 1 atom stereocenters. The topological polar surface area (TPSA) is 96.4 Å². The Morgan fingerprint density at radius 3 is 2.64 bits per heavy atom. The third-order valence-electron chi connectivity index (χ3n) is 3.91. The number of nitrogens with zero attached hydrogens (tertiary/aromatic N) is 6. The van der Waals surface area contributed by atoms with Crippen molar-refractivity contribution in [2.75, 3.05) is 51.1 Å². The van der Waals surface area contributed by atoms with Crippen LogP contribution in [-0.4, -0.2) is 71.6 Å². The van der Waals surface area contributed by atoms with Crippen LogP contribution >= 0.6 is 0 Å². The number of carbonyl (C=O) groups excluding carboxylic acids is 1. The number of rotatable bonds is 4. The number of morpholine rings is 1. The predicted molar refractivity (Wildman–Crippen MR) is 92.5 cm³/mol. The molecule has 0 aromatic carbocycles. The molecule has 0 spiro atoms. The minimum Gasteiger partial charge on any atom is -0.372 e. The maximum absolute atomic E-state index is 12.7. The Labute approximate surface area is 146 Å². The molecule has 1 N–H and O–H groups in total. The van der Waals surface area contributed by atoms with Crippen LogP contribution in [0.2, 0.25) is 0 Å². The Bertz CT molecular complexity index is 736. The van der Waals surface area contributed by atoms with Gasteiger partial charge in [-0.1, -0.05) is 0 Å².